The van der Waals surface area contributed by atoms with Gasteiger partial charge in [0.15, 0.2) is 0 Å². The van der Waals surface area contributed by atoms with Crippen LogP contribution in [0.1, 0.15) is 19.4 Å². The molecule has 1 fully saturated rings. The van der Waals surface area contributed by atoms with Gasteiger partial charge in [-0.2, -0.15) is 0 Å². The number of benzene rings is 1. The molecule has 1 aromatic carbocycles. The molecule has 0 aliphatic carbocycles. The largest absolute Gasteiger partial charge is 0.391 e. The Morgan fingerprint density at radius 2 is 2.05 bits per heavy atom. The molecule has 1 aliphatic heterocycles. The molecule has 0 aromatic heterocycles. The first-order valence-electron chi connectivity index (χ1n) is 6.86. The van der Waals surface area contributed by atoms with Gasteiger partial charge in [-0.25, -0.2) is 4.39 Å². The molecule has 112 valence electrons. The first-order chi connectivity index (χ1) is 9.41. The average molecular weight is 302 g/mol. The number of halogens is 2. The minimum absolute atomic E-state index is 0.333. The van der Waals surface area contributed by atoms with Crippen molar-refractivity contribution in [2.75, 3.05) is 26.3 Å². The molecule has 0 saturated carbocycles. The lowest BCUT2D eigenvalue weighted by molar-refractivity contribution is -0.0612. The minimum atomic E-state index is -0.625. The first-order valence-corrected chi connectivity index (χ1v) is 7.24. The zero-order valence-corrected chi connectivity index (χ0v) is 12.7. The maximum absolute atomic E-state index is 13.3. The zero-order valence-electron chi connectivity index (χ0n) is 11.9. The number of rotatable bonds is 4. The van der Waals surface area contributed by atoms with Gasteiger partial charge in [0, 0.05) is 30.1 Å². The van der Waals surface area contributed by atoms with Crippen LogP contribution < -0.4 is 0 Å². The SMILES string of the molecule is CC(C)(C(O)Cc1cc(F)ccc1Cl)N1CCOCC1. The number of hydrogen-bond acceptors (Lipinski definition) is 3. The molecule has 3 nitrogen and oxygen atoms in total. The monoisotopic (exact) mass is 301 g/mol. The third-order valence-electron chi connectivity index (χ3n) is 4.06. The van der Waals surface area contributed by atoms with Crippen molar-refractivity contribution in [1.29, 1.82) is 0 Å². The quantitative estimate of drug-likeness (QED) is 0.927. The number of nitrogens with zero attached hydrogens (tertiary/aromatic N) is 1. The second-order valence-corrected chi connectivity index (χ2v) is 6.12. The van der Waals surface area contributed by atoms with Crippen LogP contribution in [0.2, 0.25) is 5.02 Å². The molecule has 2 rings (SSSR count). The Morgan fingerprint density at radius 3 is 2.70 bits per heavy atom. The predicted molar refractivity (Wildman–Crippen MR) is 77.6 cm³/mol. The lowest BCUT2D eigenvalue weighted by atomic mass is 9.89. The predicted octanol–water partition coefficient (Wildman–Crippen LogP) is 2.49. The topological polar surface area (TPSA) is 32.7 Å². The molecule has 0 amide bonds. The number of ether oxygens (including phenoxy) is 1. The molecule has 1 unspecified atom stereocenters. The number of hydrogen-bond donors (Lipinski definition) is 1. The van der Waals surface area contributed by atoms with Crippen LogP contribution in [-0.2, 0) is 11.2 Å². The fourth-order valence-electron chi connectivity index (χ4n) is 2.51. The summed E-state index contributed by atoms with van der Waals surface area (Å²) in [6.45, 7) is 6.93. The van der Waals surface area contributed by atoms with Crippen LogP contribution in [0, 0.1) is 5.82 Å². The molecule has 20 heavy (non-hydrogen) atoms. The van der Waals surface area contributed by atoms with Crippen molar-refractivity contribution in [2.24, 2.45) is 0 Å². The number of morpholine rings is 1. The summed E-state index contributed by atoms with van der Waals surface area (Å²) < 4.78 is 18.6. The summed E-state index contributed by atoms with van der Waals surface area (Å²) in [6.07, 6.45) is -0.291. The van der Waals surface area contributed by atoms with Gasteiger partial charge in [-0.1, -0.05) is 11.6 Å². The van der Waals surface area contributed by atoms with Crippen molar-refractivity contribution in [3.05, 3.63) is 34.6 Å². The Hall–Kier alpha value is -0.680. The van der Waals surface area contributed by atoms with Crippen molar-refractivity contribution in [3.63, 3.8) is 0 Å². The van der Waals surface area contributed by atoms with Crippen LogP contribution in [0.15, 0.2) is 18.2 Å². The van der Waals surface area contributed by atoms with Crippen LogP contribution >= 0.6 is 11.6 Å². The molecular weight excluding hydrogens is 281 g/mol. The molecule has 1 aromatic rings. The molecule has 0 spiro atoms. The maximum Gasteiger partial charge on any atom is 0.123 e. The molecule has 0 radical (unpaired) electrons. The maximum atomic E-state index is 13.3. The summed E-state index contributed by atoms with van der Waals surface area (Å²) in [6, 6.07) is 4.24. The van der Waals surface area contributed by atoms with Crippen molar-refractivity contribution < 1.29 is 14.2 Å². The van der Waals surface area contributed by atoms with Gasteiger partial charge in [-0.15, -0.1) is 0 Å². The zero-order chi connectivity index (χ0) is 14.8. The molecular formula is C15H21ClFNO2. The molecule has 1 saturated heterocycles. The van der Waals surface area contributed by atoms with E-state index in [1.54, 1.807) is 0 Å². The van der Waals surface area contributed by atoms with Crippen LogP contribution in [0.4, 0.5) is 4.39 Å². The van der Waals surface area contributed by atoms with E-state index >= 15 is 0 Å². The third kappa shape index (κ3) is 3.50. The van der Waals surface area contributed by atoms with E-state index in [1.807, 2.05) is 13.8 Å². The highest BCUT2D eigenvalue weighted by Crippen LogP contribution is 2.26. The highest BCUT2D eigenvalue weighted by atomic mass is 35.5. The van der Waals surface area contributed by atoms with E-state index < -0.39 is 11.6 Å². The lowest BCUT2D eigenvalue weighted by Gasteiger charge is -2.43. The van der Waals surface area contributed by atoms with Crippen LogP contribution in [0.25, 0.3) is 0 Å². The summed E-state index contributed by atoms with van der Waals surface area (Å²) in [5, 5.41) is 11.0. The van der Waals surface area contributed by atoms with Gasteiger partial charge in [0.25, 0.3) is 0 Å². The molecule has 0 bridgehead atoms. The second-order valence-electron chi connectivity index (χ2n) is 5.71. The molecule has 1 aliphatic rings. The summed E-state index contributed by atoms with van der Waals surface area (Å²) >= 11 is 6.06. The van der Waals surface area contributed by atoms with Crippen LogP contribution in [0.5, 0.6) is 0 Å². The Bertz CT molecular complexity index is 461. The van der Waals surface area contributed by atoms with E-state index in [9.17, 15) is 9.50 Å². The normalized spacial score (nSPS) is 19.1. The van der Waals surface area contributed by atoms with E-state index in [-0.39, 0.29) is 5.82 Å². The second kappa shape index (κ2) is 6.39. The van der Waals surface area contributed by atoms with E-state index in [0.29, 0.717) is 30.2 Å². The summed E-state index contributed by atoms with van der Waals surface area (Å²) in [7, 11) is 0. The Kier molecular flexibility index (Phi) is 5.02. The molecule has 1 heterocycles. The van der Waals surface area contributed by atoms with Gasteiger partial charge in [0.2, 0.25) is 0 Å². The highest BCUT2D eigenvalue weighted by Gasteiger charge is 2.35. The Balaban J connectivity index is 2.09. The van der Waals surface area contributed by atoms with Gasteiger partial charge in [0.1, 0.15) is 5.82 Å². The first kappa shape index (κ1) is 15.7. The van der Waals surface area contributed by atoms with E-state index in [4.69, 9.17) is 16.3 Å². The Morgan fingerprint density at radius 1 is 1.40 bits per heavy atom. The van der Waals surface area contributed by atoms with Gasteiger partial charge in [-0.3, -0.25) is 4.90 Å². The van der Waals surface area contributed by atoms with Crippen molar-refractivity contribution >= 4 is 11.6 Å². The summed E-state index contributed by atoms with van der Waals surface area (Å²) in [5.74, 6) is -0.333. The average Bonchev–Trinajstić information content (AvgIpc) is 2.43. The standard InChI is InChI=1S/C15H21ClFNO2/c1-15(2,18-5-7-20-8-6-18)14(19)10-11-9-12(17)3-4-13(11)16/h3-4,9,14,19H,5-8,10H2,1-2H3. The molecule has 5 heteroatoms. The van der Waals surface area contributed by atoms with Crippen molar-refractivity contribution in [2.45, 2.75) is 31.9 Å². The Labute approximate surface area is 124 Å². The number of aliphatic hydroxyl groups excluding tert-OH is 1. The smallest absolute Gasteiger partial charge is 0.123 e. The van der Waals surface area contributed by atoms with E-state index in [2.05, 4.69) is 4.90 Å². The summed E-state index contributed by atoms with van der Waals surface area (Å²) in [5.41, 5.74) is 0.236. The van der Waals surface area contributed by atoms with Crippen molar-refractivity contribution in [3.8, 4) is 0 Å². The van der Waals surface area contributed by atoms with E-state index in [0.717, 1.165) is 13.1 Å². The highest BCUT2D eigenvalue weighted by molar-refractivity contribution is 6.31. The van der Waals surface area contributed by atoms with Gasteiger partial charge >= 0.3 is 0 Å². The third-order valence-corrected chi connectivity index (χ3v) is 4.43. The fourth-order valence-corrected chi connectivity index (χ4v) is 2.70. The molecule has 1 atom stereocenters. The fraction of sp³-hybridized carbons (Fsp3) is 0.600. The van der Waals surface area contributed by atoms with Crippen molar-refractivity contribution in [1.82, 2.24) is 4.90 Å². The van der Waals surface area contributed by atoms with Crippen LogP contribution in [0.3, 0.4) is 0 Å². The minimum Gasteiger partial charge on any atom is -0.391 e. The van der Waals surface area contributed by atoms with Gasteiger partial charge in [0.05, 0.1) is 19.3 Å². The van der Waals surface area contributed by atoms with E-state index in [1.165, 1.54) is 18.2 Å². The van der Waals surface area contributed by atoms with Gasteiger partial charge < -0.3 is 9.84 Å². The lowest BCUT2D eigenvalue weighted by Crippen LogP contribution is -2.56. The summed E-state index contributed by atoms with van der Waals surface area (Å²) in [4.78, 5) is 2.20. The molecule has 1 N–H and O–H groups in total. The number of aliphatic hydroxyl groups is 1. The van der Waals surface area contributed by atoms with Crippen LogP contribution in [-0.4, -0.2) is 48.0 Å². The van der Waals surface area contributed by atoms with Gasteiger partial charge in [-0.05, 0) is 37.6 Å².